The van der Waals surface area contributed by atoms with E-state index in [9.17, 15) is 9.18 Å². The Kier molecular flexibility index (Phi) is 4.14. The molecule has 0 bridgehead atoms. The quantitative estimate of drug-likeness (QED) is 0.785. The van der Waals surface area contributed by atoms with Gasteiger partial charge in [0.05, 0.1) is 5.56 Å². The van der Waals surface area contributed by atoms with E-state index in [0.29, 0.717) is 5.56 Å². The van der Waals surface area contributed by atoms with Gasteiger partial charge >= 0.3 is 5.97 Å². The molecular formula is C13H15FO5. The van der Waals surface area contributed by atoms with Crippen LogP contribution in [-0.4, -0.2) is 47.5 Å². The maximum Gasteiger partial charge on any atom is 0.338 e. The van der Waals surface area contributed by atoms with E-state index in [4.69, 9.17) is 19.7 Å². The number of aliphatic hydroxyl groups is 2. The van der Waals surface area contributed by atoms with E-state index in [0.717, 1.165) is 5.56 Å². The minimum Gasteiger partial charge on any atom is -0.459 e. The summed E-state index contributed by atoms with van der Waals surface area (Å²) in [5, 5.41) is 18.3. The molecule has 2 rings (SSSR count). The summed E-state index contributed by atoms with van der Waals surface area (Å²) in [5.74, 6) is -0.605. The van der Waals surface area contributed by atoms with Crippen LogP contribution in [0.25, 0.3) is 0 Å². The van der Waals surface area contributed by atoms with Crippen molar-refractivity contribution in [3.8, 4) is 0 Å². The molecule has 19 heavy (non-hydrogen) atoms. The standard InChI is InChI=1S/C13H15FO5/c1-7-2-4-8(5-3-7)12(16)18-6-9-10(14)11(15)13(17)19-9/h2-5,9-11,13,15,17H,6H2,1H3/t9-,10-,11-,13?/m1/s1. The second kappa shape index (κ2) is 5.64. The van der Waals surface area contributed by atoms with Gasteiger partial charge in [-0.3, -0.25) is 0 Å². The molecule has 5 nitrogen and oxygen atoms in total. The first kappa shape index (κ1) is 13.9. The van der Waals surface area contributed by atoms with Crippen molar-refractivity contribution in [1.29, 1.82) is 0 Å². The average Bonchev–Trinajstić information content (AvgIpc) is 2.64. The average molecular weight is 270 g/mol. The normalized spacial score (nSPS) is 30.3. The van der Waals surface area contributed by atoms with Crippen molar-refractivity contribution in [2.75, 3.05) is 6.61 Å². The number of rotatable bonds is 3. The minimum absolute atomic E-state index is 0.347. The number of carbonyl (C=O) groups excluding carboxylic acids is 1. The third-order valence-corrected chi connectivity index (χ3v) is 2.95. The molecule has 1 aliphatic heterocycles. The highest BCUT2D eigenvalue weighted by Crippen LogP contribution is 2.23. The molecule has 2 N–H and O–H groups in total. The summed E-state index contributed by atoms with van der Waals surface area (Å²) in [7, 11) is 0. The summed E-state index contributed by atoms with van der Waals surface area (Å²) in [5.41, 5.74) is 1.35. The molecule has 1 heterocycles. The number of halogens is 1. The predicted octanol–water partition coefficient (Wildman–Crippen LogP) is 0.568. The molecule has 0 spiro atoms. The van der Waals surface area contributed by atoms with Crippen LogP contribution in [-0.2, 0) is 9.47 Å². The van der Waals surface area contributed by atoms with E-state index in [2.05, 4.69) is 0 Å². The minimum atomic E-state index is -1.78. The van der Waals surface area contributed by atoms with Crippen molar-refractivity contribution in [2.45, 2.75) is 31.6 Å². The molecule has 104 valence electrons. The lowest BCUT2D eigenvalue weighted by molar-refractivity contribution is -0.133. The maximum absolute atomic E-state index is 13.4. The van der Waals surface area contributed by atoms with Crippen LogP contribution in [0.4, 0.5) is 4.39 Å². The Hall–Kier alpha value is -1.50. The van der Waals surface area contributed by atoms with E-state index in [1.807, 2.05) is 6.92 Å². The fourth-order valence-corrected chi connectivity index (χ4v) is 1.77. The van der Waals surface area contributed by atoms with Crippen LogP contribution < -0.4 is 0 Å². The molecule has 1 fully saturated rings. The molecule has 0 aromatic heterocycles. The topological polar surface area (TPSA) is 76.0 Å². The lowest BCUT2D eigenvalue weighted by Gasteiger charge is -2.12. The molecule has 1 aliphatic rings. The van der Waals surface area contributed by atoms with Gasteiger partial charge in [0, 0.05) is 0 Å². The summed E-state index contributed by atoms with van der Waals surface area (Å²) >= 11 is 0. The monoisotopic (exact) mass is 270 g/mol. The highest BCUT2D eigenvalue weighted by Gasteiger charge is 2.43. The van der Waals surface area contributed by atoms with Gasteiger partial charge in [0.15, 0.2) is 12.5 Å². The molecule has 0 radical (unpaired) electrons. The number of hydrogen-bond acceptors (Lipinski definition) is 5. The molecule has 1 aromatic rings. The molecule has 0 aliphatic carbocycles. The third kappa shape index (κ3) is 3.09. The second-order valence-corrected chi connectivity index (χ2v) is 4.46. The number of aryl methyl sites for hydroxylation is 1. The third-order valence-electron chi connectivity index (χ3n) is 2.95. The largest absolute Gasteiger partial charge is 0.459 e. The highest BCUT2D eigenvalue weighted by molar-refractivity contribution is 5.89. The van der Waals surface area contributed by atoms with Crippen LogP contribution in [0, 0.1) is 6.92 Å². The van der Waals surface area contributed by atoms with E-state index >= 15 is 0 Å². The summed E-state index contributed by atoms with van der Waals surface area (Å²) in [4.78, 5) is 11.7. The van der Waals surface area contributed by atoms with Crippen molar-refractivity contribution in [3.05, 3.63) is 35.4 Å². The van der Waals surface area contributed by atoms with Crippen LogP contribution in [0.2, 0.25) is 0 Å². The smallest absolute Gasteiger partial charge is 0.338 e. The lowest BCUT2D eigenvalue weighted by Crippen LogP contribution is -2.31. The van der Waals surface area contributed by atoms with Crippen molar-refractivity contribution >= 4 is 5.97 Å². The number of aliphatic hydroxyl groups excluding tert-OH is 2. The molecule has 1 aromatic carbocycles. The van der Waals surface area contributed by atoms with Gasteiger partial charge in [-0.2, -0.15) is 0 Å². The van der Waals surface area contributed by atoms with E-state index in [1.165, 1.54) is 0 Å². The molecule has 4 atom stereocenters. The zero-order valence-electron chi connectivity index (χ0n) is 10.3. The van der Waals surface area contributed by atoms with Gasteiger partial charge in [0.1, 0.15) is 18.8 Å². The summed E-state index contributed by atoms with van der Waals surface area (Å²) in [6.45, 7) is 1.53. The second-order valence-electron chi connectivity index (χ2n) is 4.46. The maximum atomic E-state index is 13.4. The fourth-order valence-electron chi connectivity index (χ4n) is 1.77. The van der Waals surface area contributed by atoms with Crippen LogP contribution >= 0.6 is 0 Å². The van der Waals surface area contributed by atoms with Crippen LogP contribution in [0.5, 0.6) is 0 Å². The number of benzene rings is 1. The Morgan fingerprint density at radius 2 is 2.00 bits per heavy atom. The molecule has 1 unspecified atom stereocenters. The molecule has 0 amide bonds. The van der Waals surface area contributed by atoms with Crippen molar-refractivity contribution in [2.24, 2.45) is 0 Å². The first-order valence-electron chi connectivity index (χ1n) is 5.88. The summed E-state index contributed by atoms with van der Waals surface area (Å²) in [6.07, 6.45) is -6.12. The van der Waals surface area contributed by atoms with Gasteiger partial charge in [-0.05, 0) is 19.1 Å². The molecule has 6 heteroatoms. The summed E-state index contributed by atoms with van der Waals surface area (Å²) in [6, 6.07) is 6.72. The molecule has 0 saturated carbocycles. The molecule has 1 saturated heterocycles. The number of esters is 1. The lowest BCUT2D eigenvalue weighted by atomic mass is 10.1. The van der Waals surface area contributed by atoms with E-state index in [-0.39, 0.29) is 6.61 Å². The molecular weight excluding hydrogens is 255 g/mol. The number of hydrogen-bond donors (Lipinski definition) is 2. The SMILES string of the molecule is Cc1ccc(C(=O)OC[C@H]2OC(O)[C@H](O)[C@@H]2F)cc1. The van der Waals surface area contributed by atoms with Crippen molar-refractivity contribution in [3.63, 3.8) is 0 Å². The first-order chi connectivity index (χ1) is 8.99. The Labute approximate surface area is 109 Å². The first-order valence-corrected chi connectivity index (χ1v) is 5.88. The number of carbonyl (C=O) groups is 1. The van der Waals surface area contributed by atoms with Gasteiger partial charge < -0.3 is 19.7 Å². The Morgan fingerprint density at radius 1 is 1.37 bits per heavy atom. The van der Waals surface area contributed by atoms with Gasteiger partial charge in [-0.15, -0.1) is 0 Å². The predicted molar refractivity (Wildman–Crippen MR) is 63.2 cm³/mol. The van der Waals surface area contributed by atoms with Crippen molar-refractivity contribution < 1.29 is 28.9 Å². The van der Waals surface area contributed by atoms with Crippen LogP contribution in [0.15, 0.2) is 24.3 Å². The highest BCUT2D eigenvalue weighted by atomic mass is 19.1. The van der Waals surface area contributed by atoms with E-state index < -0.39 is 30.6 Å². The zero-order valence-corrected chi connectivity index (χ0v) is 10.3. The Morgan fingerprint density at radius 3 is 2.53 bits per heavy atom. The van der Waals surface area contributed by atoms with Crippen molar-refractivity contribution in [1.82, 2.24) is 0 Å². The zero-order chi connectivity index (χ0) is 14.0. The van der Waals surface area contributed by atoms with Gasteiger partial charge in [-0.25, -0.2) is 9.18 Å². The number of ether oxygens (including phenoxy) is 2. The van der Waals surface area contributed by atoms with Crippen LogP contribution in [0.1, 0.15) is 15.9 Å². The van der Waals surface area contributed by atoms with Gasteiger partial charge in [-0.1, -0.05) is 17.7 Å². The van der Waals surface area contributed by atoms with Crippen LogP contribution in [0.3, 0.4) is 0 Å². The van der Waals surface area contributed by atoms with Gasteiger partial charge in [0.2, 0.25) is 0 Å². The fraction of sp³-hybridized carbons (Fsp3) is 0.462. The van der Waals surface area contributed by atoms with Gasteiger partial charge in [0.25, 0.3) is 0 Å². The van der Waals surface area contributed by atoms with E-state index in [1.54, 1.807) is 24.3 Å². The Bertz CT molecular complexity index is 447. The number of alkyl halides is 1. The summed E-state index contributed by atoms with van der Waals surface area (Å²) < 4.78 is 23.0. The Balaban J connectivity index is 1.89.